The Morgan fingerprint density at radius 1 is 1.41 bits per heavy atom. The Hall–Kier alpha value is -1.68. The Bertz CT molecular complexity index is 534. The Labute approximate surface area is 104 Å². The number of carbonyl (C=O) groups is 1. The van der Waals surface area contributed by atoms with E-state index in [1.54, 1.807) is 23.5 Å². The van der Waals surface area contributed by atoms with Gasteiger partial charge in [-0.15, -0.1) is 11.3 Å². The smallest absolute Gasteiger partial charge is 0.163 e. The molecule has 1 aromatic carbocycles. The van der Waals surface area contributed by atoms with E-state index in [0.717, 1.165) is 10.7 Å². The first-order valence-corrected chi connectivity index (χ1v) is 6.18. The van der Waals surface area contributed by atoms with Crippen molar-refractivity contribution in [2.24, 2.45) is 0 Å². The molecule has 0 radical (unpaired) electrons. The topological polar surface area (TPSA) is 39.2 Å². The fourth-order valence-corrected chi connectivity index (χ4v) is 2.11. The summed E-state index contributed by atoms with van der Waals surface area (Å²) in [6.45, 7) is 3.89. The highest BCUT2D eigenvalue weighted by molar-refractivity contribution is 7.09. The number of hydrogen-bond donors (Lipinski definition) is 0. The van der Waals surface area contributed by atoms with Crippen LogP contribution in [0, 0.1) is 6.92 Å². The first-order chi connectivity index (χ1) is 8.16. The third-order valence-corrected chi connectivity index (χ3v) is 3.13. The lowest BCUT2D eigenvalue weighted by atomic mass is 10.1. The monoisotopic (exact) mass is 247 g/mol. The summed E-state index contributed by atoms with van der Waals surface area (Å²) < 4.78 is 5.62. The minimum atomic E-state index is 0.00931. The molecule has 0 spiro atoms. The Morgan fingerprint density at radius 3 is 2.82 bits per heavy atom. The minimum absolute atomic E-state index is 0.00931. The molecule has 88 valence electrons. The average molecular weight is 247 g/mol. The maximum atomic E-state index is 11.4. The normalized spacial score (nSPS) is 10.2. The van der Waals surface area contributed by atoms with Gasteiger partial charge in [0.25, 0.3) is 0 Å². The van der Waals surface area contributed by atoms with Crippen molar-refractivity contribution in [2.75, 3.05) is 0 Å². The van der Waals surface area contributed by atoms with Crippen LogP contribution in [0.2, 0.25) is 0 Å². The van der Waals surface area contributed by atoms with Crippen molar-refractivity contribution in [2.45, 2.75) is 20.5 Å². The first kappa shape index (κ1) is 11.8. The van der Waals surface area contributed by atoms with Crippen molar-refractivity contribution in [1.82, 2.24) is 4.98 Å². The molecule has 0 fully saturated rings. The molecule has 4 heteroatoms. The number of carbonyl (C=O) groups excluding carboxylic acids is 1. The molecule has 3 nitrogen and oxygen atoms in total. The van der Waals surface area contributed by atoms with E-state index in [2.05, 4.69) is 4.98 Å². The summed E-state index contributed by atoms with van der Waals surface area (Å²) in [6, 6.07) is 7.25. The molecule has 1 aromatic heterocycles. The van der Waals surface area contributed by atoms with E-state index in [4.69, 9.17) is 4.74 Å². The van der Waals surface area contributed by atoms with Crippen LogP contribution in [-0.4, -0.2) is 10.8 Å². The molecule has 0 saturated heterocycles. The SMILES string of the molecule is CC(=O)c1ccccc1OCc1csc(C)n1. The highest BCUT2D eigenvalue weighted by Gasteiger charge is 2.08. The van der Waals surface area contributed by atoms with Crippen molar-refractivity contribution in [3.05, 3.63) is 45.9 Å². The third-order valence-electron chi connectivity index (χ3n) is 2.31. The van der Waals surface area contributed by atoms with Crippen LogP contribution in [0.3, 0.4) is 0 Å². The van der Waals surface area contributed by atoms with Gasteiger partial charge < -0.3 is 4.74 Å². The summed E-state index contributed by atoms with van der Waals surface area (Å²) in [6.07, 6.45) is 0. The number of nitrogens with zero attached hydrogens (tertiary/aromatic N) is 1. The number of aromatic nitrogens is 1. The number of rotatable bonds is 4. The molecule has 2 rings (SSSR count). The molecule has 0 atom stereocenters. The summed E-state index contributed by atoms with van der Waals surface area (Å²) >= 11 is 1.59. The first-order valence-electron chi connectivity index (χ1n) is 5.30. The van der Waals surface area contributed by atoms with Crippen molar-refractivity contribution in [1.29, 1.82) is 0 Å². The Kier molecular flexibility index (Phi) is 3.54. The van der Waals surface area contributed by atoms with Crippen LogP contribution in [0.5, 0.6) is 5.75 Å². The van der Waals surface area contributed by atoms with Gasteiger partial charge >= 0.3 is 0 Å². The molecule has 0 saturated carbocycles. The fraction of sp³-hybridized carbons (Fsp3) is 0.231. The van der Waals surface area contributed by atoms with Gasteiger partial charge in [-0.25, -0.2) is 4.98 Å². The maximum absolute atomic E-state index is 11.4. The van der Waals surface area contributed by atoms with Gasteiger partial charge in [0.15, 0.2) is 5.78 Å². The largest absolute Gasteiger partial charge is 0.487 e. The highest BCUT2D eigenvalue weighted by atomic mass is 32.1. The van der Waals surface area contributed by atoms with E-state index in [1.165, 1.54) is 6.92 Å². The summed E-state index contributed by atoms with van der Waals surface area (Å²) in [5, 5.41) is 2.98. The quantitative estimate of drug-likeness (QED) is 0.779. The second kappa shape index (κ2) is 5.10. The lowest BCUT2D eigenvalue weighted by Gasteiger charge is -2.07. The Balaban J connectivity index is 2.11. The van der Waals surface area contributed by atoms with E-state index >= 15 is 0 Å². The van der Waals surface area contributed by atoms with Gasteiger partial charge in [0.2, 0.25) is 0 Å². The fourth-order valence-electron chi connectivity index (χ4n) is 1.51. The number of ketones is 1. The van der Waals surface area contributed by atoms with Crippen molar-refractivity contribution < 1.29 is 9.53 Å². The number of Topliss-reactive ketones (excluding diaryl/α,β-unsaturated/α-hetero) is 1. The van der Waals surface area contributed by atoms with Gasteiger partial charge in [0.1, 0.15) is 12.4 Å². The summed E-state index contributed by atoms with van der Waals surface area (Å²) in [7, 11) is 0. The zero-order valence-corrected chi connectivity index (χ0v) is 10.6. The molecule has 0 aliphatic carbocycles. The Morgan fingerprint density at radius 2 is 2.18 bits per heavy atom. The summed E-state index contributed by atoms with van der Waals surface area (Å²) in [5.74, 6) is 0.626. The summed E-state index contributed by atoms with van der Waals surface area (Å²) in [5.41, 5.74) is 1.50. The number of hydrogen-bond acceptors (Lipinski definition) is 4. The van der Waals surface area contributed by atoms with Gasteiger partial charge in [-0.3, -0.25) is 4.79 Å². The van der Waals surface area contributed by atoms with Crippen molar-refractivity contribution in [3.63, 3.8) is 0 Å². The second-order valence-electron chi connectivity index (χ2n) is 3.70. The lowest BCUT2D eigenvalue weighted by Crippen LogP contribution is -2.01. The molecule has 0 aliphatic heterocycles. The van der Waals surface area contributed by atoms with Crippen LogP contribution in [0.4, 0.5) is 0 Å². The van der Waals surface area contributed by atoms with Crippen LogP contribution >= 0.6 is 11.3 Å². The predicted octanol–water partition coefficient (Wildman–Crippen LogP) is 3.23. The second-order valence-corrected chi connectivity index (χ2v) is 4.76. The summed E-state index contributed by atoms with van der Waals surface area (Å²) in [4.78, 5) is 15.7. The predicted molar refractivity (Wildman–Crippen MR) is 67.6 cm³/mol. The standard InChI is InChI=1S/C13H13NO2S/c1-9(15)12-5-3-4-6-13(12)16-7-11-8-17-10(2)14-11/h3-6,8H,7H2,1-2H3. The highest BCUT2D eigenvalue weighted by Crippen LogP contribution is 2.20. The van der Waals surface area contributed by atoms with E-state index in [0.29, 0.717) is 17.9 Å². The zero-order chi connectivity index (χ0) is 12.3. The molecule has 0 aliphatic rings. The van der Waals surface area contributed by atoms with E-state index in [-0.39, 0.29) is 5.78 Å². The van der Waals surface area contributed by atoms with Crippen molar-refractivity contribution in [3.8, 4) is 5.75 Å². The number of aryl methyl sites for hydroxylation is 1. The maximum Gasteiger partial charge on any atom is 0.163 e. The average Bonchev–Trinajstić information content (AvgIpc) is 2.73. The lowest BCUT2D eigenvalue weighted by molar-refractivity contribution is 0.101. The molecular formula is C13H13NO2S. The van der Waals surface area contributed by atoms with Gasteiger partial charge in [0.05, 0.1) is 16.3 Å². The van der Waals surface area contributed by atoms with Gasteiger partial charge in [-0.1, -0.05) is 12.1 Å². The van der Waals surface area contributed by atoms with Crippen LogP contribution in [0.15, 0.2) is 29.6 Å². The van der Waals surface area contributed by atoms with Gasteiger partial charge in [-0.05, 0) is 26.0 Å². The van der Waals surface area contributed by atoms with Crippen molar-refractivity contribution >= 4 is 17.1 Å². The molecule has 2 aromatic rings. The molecule has 0 unspecified atom stereocenters. The van der Waals surface area contributed by atoms with Crippen LogP contribution < -0.4 is 4.74 Å². The number of benzene rings is 1. The number of thiazole rings is 1. The molecule has 0 N–H and O–H groups in total. The molecular weight excluding hydrogens is 234 g/mol. The molecule has 17 heavy (non-hydrogen) atoms. The zero-order valence-electron chi connectivity index (χ0n) is 9.77. The van der Waals surface area contributed by atoms with E-state index < -0.39 is 0 Å². The van der Waals surface area contributed by atoms with Gasteiger partial charge in [0, 0.05) is 5.38 Å². The number of para-hydroxylation sites is 1. The minimum Gasteiger partial charge on any atom is -0.487 e. The molecule has 1 heterocycles. The number of ether oxygens (including phenoxy) is 1. The van der Waals surface area contributed by atoms with E-state index in [1.807, 2.05) is 24.4 Å². The van der Waals surface area contributed by atoms with E-state index in [9.17, 15) is 4.79 Å². The molecule has 0 amide bonds. The van der Waals surface area contributed by atoms with Gasteiger partial charge in [-0.2, -0.15) is 0 Å². The third kappa shape index (κ3) is 2.91. The van der Waals surface area contributed by atoms with Crippen LogP contribution in [0.25, 0.3) is 0 Å². The molecule has 0 bridgehead atoms. The van der Waals surface area contributed by atoms with Crippen LogP contribution in [0.1, 0.15) is 28.0 Å². The van der Waals surface area contributed by atoms with Crippen LogP contribution in [-0.2, 0) is 6.61 Å².